The average Bonchev–Trinajstić information content (AvgIpc) is 3.07. The molecule has 1 spiro atoms. The van der Waals surface area contributed by atoms with E-state index in [4.69, 9.17) is 4.74 Å². The number of urea groups is 1. The van der Waals surface area contributed by atoms with E-state index in [0.29, 0.717) is 0 Å². The Hall–Kier alpha value is -1.89. The van der Waals surface area contributed by atoms with Crippen molar-refractivity contribution in [2.24, 2.45) is 5.41 Å². The Bertz CT molecular complexity index is 582. The van der Waals surface area contributed by atoms with Crippen LogP contribution >= 0.6 is 0 Å². The molecule has 0 aliphatic carbocycles. The van der Waals surface area contributed by atoms with E-state index in [2.05, 4.69) is 20.4 Å². The second-order valence-corrected chi connectivity index (χ2v) is 7.62. The van der Waals surface area contributed by atoms with Crippen LogP contribution in [0.25, 0.3) is 0 Å². The average molecular weight is 345 g/mol. The SMILES string of the molecule is O=C(NC1CCN(c2cccnn2)CC1)N1CCC2(CCCOC2)C1. The lowest BCUT2D eigenvalue weighted by atomic mass is 9.82. The van der Waals surface area contributed by atoms with Crippen LogP contribution in [0.1, 0.15) is 32.1 Å². The highest BCUT2D eigenvalue weighted by Gasteiger charge is 2.41. The number of amides is 2. The number of nitrogens with one attached hydrogen (secondary N) is 1. The lowest BCUT2D eigenvalue weighted by molar-refractivity contribution is -0.000486. The molecule has 0 aromatic carbocycles. The molecule has 0 saturated carbocycles. The van der Waals surface area contributed by atoms with Crippen molar-refractivity contribution in [1.29, 1.82) is 0 Å². The van der Waals surface area contributed by atoms with Gasteiger partial charge >= 0.3 is 6.03 Å². The van der Waals surface area contributed by atoms with Crippen LogP contribution < -0.4 is 10.2 Å². The summed E-state index contributed by atoms with van der Waals surface area (Å²) in [5.74, 6) is 0.922. The first kappa shape index (κ1) is 16.6. The second-order valence-electron chi connectivity index (χ2n) is 7.62. The molecule has 4 heterocycles. The van der Waals surface area contributed by atoms with Gasteiger partial charge in [-0.2, -0.15) is 5.10 Å². The largest absolute Gasteiger partial charge is 0.381 e. The van der Waals surface area contributed by atoms with Crippen molar-refractivity contribution >= 4 is 11.8 Å². The molecule has 136 valence electrons. The van der Waals surface area contributed by atoms with E-state index in [1.54, 1.807) is 6.20 Å². The predicted molar refractivity (Wildman–Crippen MR) is 94.5 cm³/mol. The minimum atomic E-state index is 0.0976. The summed E-state index contributed by atoms with van der Waals surface area (Å²) >= 11 is 0. The number of carbonyl (C=O) groups excluding carboxylic acids is 1. The Kier molecular flexibility index (Phi) is 4.74. The van der Waals surface area contributed by atoms with Crippen molar-refractivity contribution < 1.29 is 9.53 Å². The summed E-state index contributed by atoms with van der Waals surface area (Å²) < 4.78 is 5.66. The fourth-order valence-corrected chi connectivity index (χ4v) is 4.32. The maximum absolute atomic E-state index is 12.6. The van der Waals surface area contributed by atoms with Gasteiger partial charge in [-0.25, -0.2) is 4.79 Å². The highest BCUT2D eigenvalue weighted by molar-refractivity contribution is 5.75. The number of aromatic nitrogens is 2. The van der Waals surface area contributed by atoms with Crippen LogP contribution in [-0.2, 0) is 4.74 Å². The van der Waals surface area contributed by atoms with Crippen molar-refractivity contribution in [1.82, 2.24) is 20.4 Å². The molecule has 1 unspecified atom stereocenters. The van der Waals surface area contributed by atoms with Gasteiger partial charge in [-0.05, 0) is 44.2 Å². The summed E-state index contributed by atoms with van der Waals surface area (Å²) in [5.41, 5.74) is 0.213. The van der Waals surface area contributed by atoms with Crippen molar-refractivity contribution in [2.75, 3.05) is 44.3 Å². The molecule has 1 atom stereocenters. The molecule has 7 heteroatoms. The van der Waals surface area contributed by atoms with E-state index in [1.165, 1.54) is 6.42 Å². The van der Waals surface area contributed by atoms with Gasteiger partial charge in [0.15, 0.2) is 5.82 Å². The Morgan fingerprint density at radius 2 is 2.16 bits per heavy atom. The van der Waals surface area contributed by atoms with Crippen LogP contribution in [0.4, 0.5) is 10.6 Å². The van der Waals surface area contributed by atoms with Gasteiger partial charge in [0, 0.05) is 50.4 Å². The standard InChI is InChI=1S/C18H27N5O2/c24-17(23-11-7-18(13-23)6-2-12-25-14-18)20-15-4-9-22(10-5-15)16-3-1-8-19-21-16/h1,3,8,15H,2,4-7,9-14H2,(H,20,24). The van der Waals surface area contributed by atoms with Gasteiger partial charge < -0.3 is 19.9 Å². The summed E-state index contributed by atoms with van der Waals surface area (Å²) in [6.07, 6.45) is 6.97. The lowest BCUT2D eigenvalue weighted by Crippen LogP contribution is -2.49. The quantitative estimate of drug-likeness (QED) is 0.883. The molecule has 3 saturated heterocycles. The topological polar surface area (TPSA) is 70.6 Å². The number of nitrogens with zero attached hydrogens (tertiary/aromatic N) is 4. The third-order valence-corrected chi connectivity index (χ3v) is 5.83. The van der Waals surface area contributed by atoms with Crippen LogP contribution in [-0.4, -0.2) is 66.6 Å². The zero-order chi connectivity index (χ0) is 17.1. The molecule has 1 N–H and O–H groups in total. The van der Waals surface area contributed by atoms with Gasteiger partial charge in [-0.15, -0.1) is 5.10 Å². The van der Waals surface area contributed by atoms with Crippen molar-refractivity contribution in [3.05, 3.63) is 18.3 Å². The third-order valence-electron chi connectivity index (χ3n) is 5.83. The molecule has 7 nitrogen and oxygen atoms in total. The maximum Gasteiger partial charge on any atom is 0.317 e. The van der Waals surface area contributed by atoms with Gasteiger partial charge in [-0.3, -0.25) is 0 Å². The first-order valence-corrected chi connectivity index (χ1v) is 9.40. The number of hydrogen-bond acceptors (Lipinski definition) is 5. The number of rotatable bonds is 2. The van der Waals surface area contributed by atoms with Crippen LogP contribution in [0, 0.1) is 5.41 Å². The third kappa shape index (κ3) is 3.71. The monoisotopic (exact) mass is 345 g/mol. The molecule has 3 fully saturated rings. The van der Waals surface area contributed by atoms with E-state index in [0.717, 1.165) is 70.9 Å². The molecular weight excluding hydrogens is 318 g/mol. The van der Waals surface area contributed by atoms with Gasteiger partial charge in [0.2, 0.25) is 0 Å². The molecule has 25 heavy (non-hydrogen) atoms. The summed E-state index contributed by atoms with van der Waals surface area (Å²) in [7, 11) is 0. The number of carbonyl (C=O) groups is 1. The molecule has 4 rings (SSSR count). The van der Waals surface area contributed by atoms with Crippen molar-refractivity contribution in [2.45, 2.75) is 38.1 Å². The number of likely N-dealkylation sites (tertiary alicyclic amines) is 1. The number of piperidine rings is 1. The van der Waals surface area contributed by atoms with E-state index < -0.39 is 0 Å². The highest BCUT2D eigenvalue weighted by Crippen LogP contribution is 2.38. The van der Waals surface area contributed by atoms with Crippen LogP contribution in [0.15, 0.2) is 18.3 Å². The van der Waals surface area contributed by atoms with E-state index in [9.17, 15) is 4.79 Å². The molecule has 3 aliphatic rings. The summed E-state index contributed by atoms with van der Waals surface area (Å²) in [4.78, 5) is 16.9. The normalized spacial score (nSPS) is 27.7. The number of hydrogen-bond donors (Lipinski definition) is 1. The first-order chi connectivity index (χ1) is 12.2. The molecule has 0 radical (unpaired) electrons. The first-order valence-electron chi connectivity index (χ1n) is 9.40. The minimum absolute atomic E-state index is 0.0976. The Morgan fingerprint density at radius 3 is 2.88 bits per heavy atom. The van der Waals surface area contributed by atoms with Gasteiger partial charge in [0.1, 0.15) is 0 Å². The fourth-order valence-electron chi connectivity index (χ4n) is 4.32. The molecule has 3 aliphatic heterocycles. The lowest BCUT2D eigenvalue weighted by Gasteiger charge is -2.35. The highest BCUT2D eigenvalue weighted by atomic mass is 16.5. The summed E-state index contributed by atoms with van der Waals surface area (Å²) in [6.45, 7) is 5.19. The zero-order valence-electron chi connectivity index (χ0n) is 14.7. The molecule has 1 aromatic rings. The van der Waals surface area contributed by atoms with E-state index in [-0.39, 0.29) is 17.5 Å². The Balaban J connectivity index is 1.25. The van der Waals surface area contributed by atoms with Gasteiger partial charge in [0.05, 0.1) is 6.61 Å². The van der Waals surface area contributed by atoms with E-state index in [1.807, 2.05) is 17.0 Å². The minimum Gasteiger partial charge on any atom is -0.381 e. The van der Waals surface area contributed by atoms with Gasteiger partial charge in [-0.1, -0.05) is 0 Å². The molecule has 1 aromatic heterocycles. The Labute approximate surface area is 148 Å². The summed E-state index contributed by atoms with van der Waals surface area (Å²) in [6, 6.07) is 4.25. The molecular formula is C18H27N5O2. The Morgan fingerprint density at radius 1 is 1.28 bits per heavy atom. The van der Waals surface area contributed by atoms with Crippen molar-refractivity contribution in [3.8, 4) is 0 Å². The summed E-state index contributed by atoms with van der Waals surface area (Å²) in [5, 5.41) is 11.3. The van der Waals surface area contributed by atoms with Gasteiger partial charge in [0.25, 0.3) is 0 Å². The van der Waals surface area contributed by atoms with Crippen LogP contribution in [0.2, 0.25) is 0 Å². The van der Waals surface area contributed by atoms with E-state index >= 15 is 0 Å². The van der Waals surface area contributed by atoms with Crippen LogP contribution in [0.3, 0.4) is 0 Å². The second kappa shape index (κ2) is 7.15. The maximum atomic E-state index is 12.6. The van der Waals surface area contributed by atoms with Crippen molar-refractivity contribution in [3.63, 3.8) is 0 Å². The molecule has 0 bridgehead atoms. The molecule has 2 amide bonds. The van der Waals surface area contributed by atoms with Crippen LogP contribution in [0.5, 0.6) is 0 Å². The number of anilines is 1. The zero-order valence-corrected chi connectivity index (χ0v) is 14.7. The smallest absolute Gasteiger partial charge is 0.317 e. The fraction of sp³-hybridized carbons (Fsp3) is 0.722. The predicted octanol–water partition coefficient (Wildman–Crippen LogP) is 1.66. The number of ether oxygens (including phenoxy) is 1.